The summed E-state index contributed by atoms with van der Waals surface area (Å²) in [6, 6.07) is 0. The molecule has 0 radical (unpaired) electrons. The Morgan fingerprint density at radius 2 is 1.75 bits per heavy atom. The number of rotatable bonds is 1. The second-order valence-corrected chi connectivity index (χ2v) is 2.67. The second kappa shape index (κ2) is 3.63. The average Bonchev–Trinajstić information content (AvgIpc) is 2.08. The Kier molecular flexibility index (Phi) is 2.97. The minimum Gasteiger partial charge on any atom is -0.394 e. The van der Waals surface area contributed by atoms with Gasteiger partial charge in [-0.25, -0.2) is 4.39 Å². The molecule has 0 saturated carbocycles. The minimum atomic E-state index is -2.04. The normalized spacial score (nSPS) is 49.2. The molecule has 0 aliphatic carbocycles. The molecule has 6 heteroatoms. The van der Waals surface area contributed by atoms with E-state index in [4.69, 9.17) is 20.4 Å². The summed E-state index contributed by atoms with van der Waals surface area (Å²) in [6.45, 7) is -0.581. The Balaban J connectivity index is 2.63. The Hall–Kier alpha value is -0.270. The molecule has 1 fully saturated rings. The molecule has 0 aromatic heterocycles. The molecular formula is C6H11FO5. The summed E-state index contributed by atoms with van der Waals surface area (Å²) in [6.07, 6.45) is -8.19. The zero-order valence-electron chi connectivity index (χ0n) is 6.17. The van der Waals surface area contributed by atoms with Gasteiger partial charge in [0.2, 0.25) is 0 Å². The first-order valence-corrected chi connectivity index (χ1v) is 3.52. The number of halogens is 1. The van der Waals surface area contributed by atoms with E-state index in [1.165, 1.54) is 0 Å². The van der Waals surface area contributed by atoms with E-state index < -0.39 is 37.4 Å². The fraction of sp³-hybridized carbons (Fsp3) is 1.00. The second-order valence-electron chi connectivity index (χ2n) is 2.67. The zero-order chi connectivity index (χ0) is 9.30. The number of alkyl halides is 1. The van der Waals surface area contributed by atoms with E-state index >= 15 is 0 Å². The molecule has 5 nitrogen and oxygen atoms in total. The van der Waals surface area contributed by atoms with Gasteiger partial charge in [-0.05, 0) is 0 Å². The van der Waals surface area contributed by atoms with Crippen LogP contribution in [0, 0.1) is 0 Å². The van der Waals surface area contributed by atoms with Crippen molar-refractivity contribution in [2.45, 2.75) is 30.8 Å². The van der Waals surface area contributed by atoms with Crippen LogP contribution < -0.4 is 0 Å². The molecular weight excluding hydrogens is 171 g/mol. The van der Waals surface area contributed by atoms with Crippen molar-refractivity contribution in [2.75, 3.05) is 6.61 Å². The smallest absolute Gasteiger partial charge is 0.189 e. The predicted octanol–water partition coefficient (Wildman–Crippen LogP) is -2.24. The molecule has 4 N–H and O–H groups in total. The third-order valence-electron chi connectivity index (χ3n) is 1.82. The van der Waals surface area contributed by atoms with Crippen LogP contribution in [0.1, 0.15) is 0 Å². The Morgan fingerprint density at radius 3 is 2.25 bits per heavy atom. The van der Waals surface area contributed by atoms with Gasteiger partial charge in [0.15, 0.2) is 12.5 Å². The maximum absolute atomic E-state index is 12.7. The fourth-order valence-corrected chi connectivity index (χ4v) is 1.06. The Labute approximate surface area is 68.0 Å². The van der Waals surface area contributed by atoms with Gasteiger partial charge in [0.05, 0.1) is 6.61 Å². The Morgan fingerprint density at radius 1 is 1.17 bits per heavy atom. The van der Waals surface area contributed by atoms with Crippen molar-refractivity contribution in [1.29, 1.82) is 0 Å². The largest absolute Gasteiger partial charge is 0.394 e. The van der Waals surface area contributed by atoms with Gasteiger partial charge in [-0.2, -0.15) is 0 Å². The summed E-state index contributed by atoms with van der Waals surface area (Å²) in [7, 11) is 0. The SMILES string of the molecule is OC[C@@H]1OC(O)[C@@H](F)[C@H](O)[C@H]1O. The summed E-state index contributed by atoms with van der Waals surface area (Å²) < 4.78 is 17.1. The van der Waals surface area contributed by atoms with E-state index in [0.717, 1.165) is 0 Å². The Bertz CT molecular complexity index is 150. The highest BCUT2D eigenvalue weighted by Crippen LogP contribution is 2.21. The van der Waals surface area contributed by atoms with Crippen molar-refractivity contribution < 1.29 is 29.6 Å². The molecule has 72 valence electrons. The minimum absolute atomic E-state index is 0.581. The molecule has 1 unspecified atom stereocenters. The van der Waals surface area contributed by atoms with Crippen LogP contribution in [0.3, 0.4) is 0 Å². The lowest BCUT2D eigenvalue weighted by molar-refractivity contribution is -0.271. The highest BCUT2D eigenvalue weighted by atomic mass is 19.1. The lowest BCUT2D eigenvalue weighted by Crippen LogP contribution is -2.56. The van der Waals surface area contributed by atoms with Crippen molar-refractivity contribution >= 4 is 0 Å². The molecule has 0 bridgehead atoms. The van der Waals surface area contributed by atoms with Crippen LogP contribution >= 0.6 is 0 Å². The summed E-state index contributed by atoms with van der Waals surface area (Å²) in [5.74, 6) is 0. The third kappa shape index (κ3) is 1.57. The lowest BCUT2D eigenvalue weighted by Gasteiger charge is -2.36. The maximum Gasteiger partial charge on any atom is 0.189 e. The average molecular weight is 182 g/mol. The highest BCUT2D eigenvalue weighted by molar-refractivity contribution is 4.88. The molecule has 1 aliphatic heterocycles. The highest BCUT2D eigenvalue weighted by Gasteiger charge is 2.43. The molecule has 1 saturated heterocycles. The maximum atomic E-state index is 12.7. The standard InChI is InChI=1S/C6H11FO5/c7-3-5(10)4(9)2(1-8)12-6(3)11/h2-6,8-11H,1H2/t2-,3-,4-,5-,6?/m0/s1. The van der Waals surface area contributed by atoms with E-state index in [9.17, 15) is 4.39 Å². The molecule has 5 atom stereocenters. The van der Waals surface area contributed by atoms with Crippen LogP contribution in [0.4, 0.5) is 4.39 Å². The van der Waals surface area contributed by atoms with E-state index in [1.807, 2.05) is 0 Å². The summed E-state index contributed by atoms with van der Waals surface area (Å²) in [5, 5.41) is 35.3. The van der Waals surface area contributed by atoms with Crippen LogP contribution in [0.15, 0.2) is 0 Å². The van der Waals surface area contributed by atoms with Crippen molar-refractivity contribution in [3.8, 4) is 0 Å². The van der Waals surface area contributed by atoms with Gasteiger partial charge in [0.25, 0.3) is 0 Å². The topological polar surface area (TPSA) is 90.2 Å². The van der Waals surface area contributed by atoms with Gasteiger partial charge in [0.1, 0.15) is 18.3 Å². The van der Waals surface area contributed by atoms with Gasteiger partial charge in [-0.3, -0.25) is 0 Å². The van der Waals surface area contributed by atoms with Crippen LogP contribution in [0.25, 0.3) is 0 Å². The first-order valence-electron chi connectivity index (χ1n) is 3.52. The molecule has 0 aromatic carbocycles. The molecule has 0 aromatic rings. The van der Waals surface area contributed by atoms with Crippen LogP contribution in [-0.4, -0.2) is 57.8 Å². The number of hydrogen-bond donors (Lipinski definition) is 4. The van der Waals surface area contributed by atoms with Crippen LogP contribution in [-0.2, 0) is 4.74 Å². The van der Waals surface area contributed by atoms with Gasteiger partial charge < -0.3 is 25.2 Å². The lowest BCUT2D eigenvalue weighted by atomic mass is 10.0. The first-order chi connectivity index (χ1) is 5.57. The molecule has 0 spiro atoms. The molecule has 12 heavy (non-hydrogen) atoms. The van der Waals surface area contributed by atoms with E-state index in [1.54, 1.807) is 0 Å². The summed E-state index contributed by atoms with van der Waals surface area (Å²) in [4.78, 5) is 0. The zero-order valence-corrected chi connectivity index (χ0v) is 6.17. The number of aliphatic hydroxyl groups excluding tert-OH is 4. The van der Waals surface area contributed by atoms with Crippen LogP contribution in [0.5, 0.6) is 0 Å². The molecule has 0 amide bonds. The van der Waals surface area contributed by atoms with Crippen molar-refractivity contribution in [3.63, 3.8) is 0 Å². The van der Waals surface area contributed by atoms with E-state index in [-0.39, 0.29) is 0 Å². The van der Waals surface area contributed by atoms with Gasteiger partial charge in [0, 0.05) is 0 Å². The number of aliphatic hydroxyl groups is 4. The quantitative estimate of drug-likeness (QED) is 0.368. The van der Waals surface area contributed by atoms with Crippen molar-refractivity contribution in [3.05, 3.63) is 0 Å². The van der Waals surface area contributed by atoms with E-state index in [0.29, 0.717) is 0 Å². The van der Waals surface area contributed by atoms with Gasteiger partial charge in [-0.15, -0.1) is 0 Å². The predicted molar refractivity (Wildman–Crippen MR) is 34.9 cm³/mol. The molecule has 1 aliphatic rings. The van der Waals surface area contributed by atoms with Crippen LogP contribution in [0.2, 0.25) is 0 Å². The summed E-state index contributed by atoms with van der Waals surface area (Å²) in [5.41, 5.74) is 0. The number of ether oxygens (including phenoxy) is 1. The van der Waals surface area contributed by atoms with Crippen molar-refractivity contribution in [1.82, 2.24) is 0 Å². The van der Waals surface area contributed by atoms with E-state index in [2.05, 4.69) is 4.74 Å². The fourth-order valence-electron chi connectivity index (χ4n) is 1.06. The van der Waals surface area contributed by atoms with Gasteiger partial charge in [-0.1, -0.05) is 0 Å². The monoisotopic (exact) mass is 182 g/mol. The first kappa shape index (κ1) is 9.82. The van der Waals surface area contributed by atoms with Crippen molar-refractivity contribution in [2.24, 2.45) is 0 Å². The third-order valence-corrected chi connectivity index (χ3v) is 1.82. The molecule has 1 heterocycles. The van der Waals surface area contributed by atoms with Gasteiger partial charge >= 0.3 is 0 Å². The molecule has 1 rings (SSSR count). The summed E-state index contributed by atoms with van der Waals surface area (Å²) >= 11 is 0. The number of hydrogen-bond acceptors (Lipinski definition) is 5.